The molecule has 2 heterocycles. The van der Waals surface area contributed by atoms with E-state index in [9.17, 15) is 34.4 Å². The molecule has 4 N–H and O–H groups in total. The van der Waals surface area contributed by atoms with Crippen LogP contribution in [0.4, 0.5) is 0 Å². The molecular formula is C20H35N2O9P. The number of hydrogen-bond acceptors (Lipinski definition) is 8. The van der Waals surface area contributed by atoms with Crippen molar-refractivity contribution in [3.63, 3.8) is 0 Å². The number of aliphatic hydroxyl groups is 3. The lowest BCUT2D eigenvalue weighted by Crippen LogP contribution is -2.47. The smallest absolute Gasteiger partial charge is 0.359 e. The second-order valence-electron chi connectivity index (χ2n) is 8.98. The molecule has 8 atom stereocenters. The van der Waals surface area contributed by atoms with Crippen LogP contribution >= 0.6 is 7.60 Å². The fourth-order valence-corrected chi connectivity index (χ4v) is 5.26. The first-order valence-electron chi connectivity index (χ1n) is 10.6. The van der Waals surface area contributed by atoms with Crippen LogP contribution in [0.25, 0.3) is 0 Å². The standard InChI is InChI=1S/C20H35N2O9P/c1-8-19(4,31-32(28,29)20(5,27)9-2)11(3)15-13(23)14(24)16(30-15)12-10-21(6)18(26)22(7)17(12)25/h10-11,13-16,23-24,27H,8-9H2,1-7H3,(H,28,29)/t11?,13-,14+,15+,16-,19?,20?/m0/s1. The summed E-state index contributed by atoms with van der Waals surface area (Å²) < 4.78 is 26.3. The highest BCUT2D eigenvalue weighted by atomic mass is 31.2. The molecular weight excluding hydrogens is 443 g/mol. The van der Waals surface area contributed by atoms with E-state index in [4.69, 9.17) is 9.26 Å². The molecule has 1 aromatic rings. The molecule has 0 spiro atoms. The molecule has 184 valence electrons. The summed E-state index contributed by atoms with van der Waals surface area (Å²) in [5.74, 6) is -0.730. The van der Waals surface area contributed by atoms with Gasteiger partial charge in [0.25, 0.3) is 5.56 Å². The number of aliphatic hydroxyl groups excluding tert-OH is 2. The molecule has 4 unspecified atom stereocenters. The lowest BCUT2D eigenvalue weighted by Gasteiger charge is -2.42. The van der Waals surface area contributed by atoms with Gasteiger partial charge in [0.05, 0.1) is 17.3 Å². The van der Waals surface area contributed by atoms with Crippen LogP contribution in [-0.2, 0) is 27.9 Å². The predicted octanol–water partition coefficient (Wildman–Crippen LogP) is 0.371. The SMILES string of the molecule is CCC(C)(OP(=O)(O)C(C)(O)CC)C(C)[C@H]1O[C@@H](c2cn(C)c(=O)n(C)c2=O)[C@H](O)[C@@H]1O. The summed E-state index contributed by atoms with van der Waals surface area (Å²) in [6.07, 6.45) is -3.72. The monoisotopic (exact) mass is 478 g/mol. The first-order valence-corrected chi connectivity index (χ1v) is 12.2. The number of hydrogen-bond donors (Lipinski definition) is 4. The van der Waals surface area contributed by atoms with E-state index in [0.717, 1.165) is 4.57 Å². The second kappa shape index (κ2) is 9.13. The number of nitrogens with zero attached hydrogens (tertiary/aromatic N) is 2. The summed E-state index contributed by atoms with van der Waals surface area (Å²) in [7, 11) is -1.75. The number of ether oxygens (including phenoxy) is 1. The maximum Gasteiger partial charge on any atom is 0.359 e. The van der Waals surface area contributed by atoms with Gasteiger partial charge in [0.15, 0.2) is 5.34 Å². The van der Waals surface area contributed by atoms with E-state index < -0.39 is 60.1 Å². The van der Waals surface area contributed by atoms with Gasteiger partial charge in [-0.25, -0.2) is 4.79 Å². The van der Waals surface area contributed by atoms with Gasteiger partial charge in [0.1, 0.15) is 18.3 Å². The van der Waals surface area contributed by atoms with Crippen molar-refractivity contribution >= 4 is 7.60 Å². The molecule has 0 bridgehead atoms. The average Bonchev–Trinajstić information content (AvgIpc) is 3.02. The van der Waals surface area contributed by atoms with Crippen molar-refractivity contribution in [2.75, 3.05) is 0 Å². The van der Waals surface area contributed by atoms with Crippen molar-refractivity contribution < 1.29 is 34.0 Å². The van der Waals surface area contributed by atoms with Gasteiger partial charge in [0.2, 0.25) is 0 Å². The lowest BCUT2D eigenvalue weighted by molar-refractivity contribution is -0.0955. The number of aryl methyl sites for hydroxylation is 1. The molecule has 0 amide bonds. The zero-order valence-corrected chi connectivity index (χ0v) is 20.4. The molecule has 1 saturated heterocycles. The van der Waals surface area contributed by atoms with Gasteiger partial charge >= 0.3 is 13.3 Å². The largest absolute Gasteiger partial charge is 0.388 e. The highest BCUT2D eigenvalue weighted by Crippen LogP contribution is 2.59. The normalized spacial score (nSPS) is 30.3. The number of aromatic nitrogens is 2. The molecule has 11 nitrogen and oxygen atoms in total. The third-order valence-electron chi connectivity index (χ3n) is 6.85. The van der Waals surface area contributed by atoms with Gasteiger partial charge in [-0.15, -0.1) is 0 Å². The van der Waals surface area contributed by atoms with E-state index in [0.29, 0.717) is 0 Å². The third kappa shape index (κ3) is 4.52. The van der Waals surface area contributed by atoms with E-state index in [1.807, 2.05) is 0 Å². The van der Waals surface area contributed by atoms with Gasteiger partial charge in [-0.3, -0.25) is 18.5 Å². The minimum atomic E-state index is -4.50. The van der Waals surface area contributed by atoms with Crippen molar-refractivity contribution in [2.24, 2.45) is 20.0 Å². The summed E-state index contributed by atoms with van der Waals surface area (Å²) in [6.45, 7) is 7.68. The Kier molecular flexibility index (Phi) is 7.68. The molecule has 1 aromatic heterocycles. The van der Waals surface area contributed by atoms with Crippen molar-refractivity contribution in [1.29, 1.82) is 0 Å². The van der Waals surface area contributed by atoms with Gasteiger partial charge in [-0.2, -0.15) is 0 Å². The molecule has 0 aromatic carbocycles. The van der Waals surface area contributed by atoms with Crippen molar-refractivity contribution in [2.45, 2.75) is 82.8 Å². The zero-order valence-electron chi connectivity index (χ0n) is 19.6. The molecule has 0 saturated carbocycles. The zero-order chi connectivity index (χ0) is 24.8. The summed E-state index contributed by atoms with van der Waals surface area (Å²) in [5.41, 5.74) is -2.54. The lowest BCUT2D eigenvalue weighted by atomic mass is 9.82. The Balaban J connectivity index is 2.41. The Morgan fingerprint density at radius 2 is 1.75 bits per heavy atom. The Morgan fingerprint density at radius 3 is 2.25 bits per heavy atom. The maximum absolute atomic E-state index is 12.8. The minimum absolute atomic E-state index is 0.00304. The van der Waals surface area contributed by atoms with Crippen molar-refractivity contribution in [1.82, 2.24) is 9.13 Å². The molecule has 2 rings (SSSR count). The van der Waals surface area contributed by atoms with Gasteiger partial charge < -0.3 is 29.5 Å². The second-order valence-corrected chi connectivity index (χ2v) is 11.2. The highest BCUT2D eigenvalue weighted by molar-refractivity contribution is 7.54. The topological polar surface area (TPSA) is 160 Å². The molecule has 1 fully saturated rings. The van der Waals surface area contributed by atoms with Gasteiger partial charge in [0, 0.05) is 26.2 Å². The van der Waals surface area contributed by atoms with Crippen LogP contribution in [0.5, 0.6) is 0 Å². The van der Waals surface area contributed by atoms with Crippen LogP contribution in [0.3, 0.4) is 0 Å². The number of rotatable bonds is 8. The van der Waals surface area contributed by atoms with Crippen LogP contribution in [0.15, 0.2) is 15.8 Å². The van der Waals surface area contributed by atoms with Crippen molar-refractivity contribution in [3.8, 4) is 0 Å². The molecule has 1 aliphatic heterocycles. The quantitative estimate of drug-likeness (QED) is 0.387. The van der Waals surface area contributed by atoms with Crippen LogP contribution in [-0.4, -0.2) is 58.6 Å². The van der Waals surface area contributed by atoms with Crippen LogP contribution in [0.2, 0.25) is 0 Å². The van der Waals surface area contributed by atoms with E-state index in [-0.39, 0.29) is 18.4 Å². The van der Waals surface area contributed by atoms with Crippen molar-refractivity contribution in [3.05, 3.63) is 32.6 Å². The van der Waals surface area contributed by atoms with E-state index in [1.54, 1.807) is 27.7 Å². The Hall–Kier alpha value is -1.33. The predicted molar refractivity (Wildman–Crippen MR) is 116 cm³/mol. The molecule has 0 radical (unpaired) electrons. The Morgan fingerprint density at radius 1 is 1.19 bits per heavy atom. The first-order chi connectivity index (χ1) is 14.5. The summed E-state index contributed by atoms with van der Waals surface area (Å²) in [4.78, 5) is 35.0. The van der Waals surface area contributed by atoms with Gasteiger partial charge in [-0.05, 0) is 26.7 Å². The summed E-state index contributed by atoms with van der Waals surface area (Å²) in [6, 6.07) is 0. The molecule has 0 aliphatic carbocycles. The van der Waals surface area contributed by atoms with Gasteiger partial charge in [-0.1, -0.05) is 20.8 Å². The van der Waals surface area contributed by atoms with E-state index in [1.165, 1.54) is 31.8 Å². The average molecular weight is 478 g/mol. The fraction of sp³-hybridized carbons (Fsp3) is 0.800. The summed E-state index contributed by atoms with van der Waals surface area (Å²) in [5, 5.41) is 29.7. The van der Waals surface area contributed by atoms with Crippen LogP contribution in [0, 0.1) is 5.92 Å². The van der Waals surface area contributed by atoms with Crippen LogP contribution in [0.1, 0.15) is 59.1 Å². The third-order valence-corrected chi connectivity index (χ3v) is 9.05. The molecule has 12 heteroatoms. The molecule has 1 aliphatic rings. The summed E-state index contributed by atoms with van der Waals surface area (Å²) >= 11 is 0. The van der Waals surface area contributed by atoms with E-state index in [2.05, 4.69) is 0 Å². The molecule has 32 heavy (non-hydrogen) atoms. The maximum atomic E-state index is 12.8. The van der Waals surface area contributed by atoms with E-state index >= 15 is 0 Å². The highest BCUT2D eigenvalue weighted by Gasteiger charge is 2.54. The minimum Gasteiger partial charge on any atom is -0.388 e. The van der Waals surface area contributed by atoms with Crippen LogP contribution < -0.4 is 11.2 Å². The fourth-order valence-electron chi connectivity index (χ4n) is 3.80. The Labute approximate surface area is 186 Å². The first kappa shape index (κ1) is 26.9. The Bertz CT molecular complexity index is 1000.